The number of aryl methyl sites for hydroxylation is 2. The Hall–Kier alpha value is -4.26. The van der Waals surface area contributed by atoms with Crippen molar-refractivity contribution < 1.29 is 24.5 Å². The summed E-state index contributed by atoms with van der Waals surface area (Å²) in [6.45, 7) is 2.14. The van der Waals surface area contributed by atoms with Crippen LogP contribution in [-0.2, 0) is 22.5 Å². The van der Waals surface area contributed by atoms with Gasteiger partial charge in [0.25, 0.3) is 5.56 Å². The van der Waals surface area contributed by atoms with Crippen molar-refractivity contribution in [2.45, 2.75) is 32.2 Å². The monoisotopic (exact) mass is 487 g/mol. The van der Waals surface area contributed by atoms with Crippen molar-refractivity contribution in [3.63, 3.8) is 0 Å². The molecule has 3 aromatic carbocycles. The summed E-state index contributed by atoms with van der Waals surface area (Å²) in [4.78, 5) is 26.3. The third-order valence-electron chi connectivity index (χ3n) is 6.54. The fraction of sp³-hybridized carbons (Fsp3) is 0.241. The molecule has 0 aliphatic heterocycles. The summed E-state index contributed by atoms with van der Waals surface area (Å²) >= 11 is 0. The fourth-order valence-corrected chi connectivity index (χ4v) is 4.67. The number of carbonyl (C=O) groups excluding carboxylic acids is 1. The maximum absolute atomic E-state index is 13.8. The standard InChI is InChI=1S/C29H29NO6/c1-18-16-25(32)28(29(34)30(18)15-14-19-8-10-20(31)11-9-19)24(17-27(33)36-3)22-12-13-26(35-2)23-7-5-4-6-21(22)23/h4-13,16,24,31-32H,14-15,17H2,1-3H3. The highest BCUT2D eigenvalue weighted by atomic mass is 16.5. The molecule has 2 N–H and O–H groups in total. The Kier molecular flexibility index (Phi) is 7.29. The number of hydrogen-bond acceptors (Lipinski definition) is 6. The van der Waals surface area contributed by atoms with Crippen LogP contribution >= 0.6 is 0 Å². The lowest BCUT2D eigenvalue weighted by atomic mass is 9.85. The lowest BCUT2D eigenvalue weighted by Gasteiger charge is -2.22. The van der Waals surface area contributed by atoms with E-state index in [1.54, 1.807) is 55.0 Å². The number of methoxy groups -OCH3 is 2. The lowest BCUT2D eigenvalue weighted by molar-refractivity contribution is -0.140. The molecule has 36 heavy (non-hydrogen) atoms. The average molecular weight is 488 g/mol. The van der Waals surface area contributed by atoms with Crippen molar-refractivity contribution in [3.05, 3.63) is 99.5 Å². The molecule has 7 nitrogen and oxygen atoms in total. The minimum atomic E-state index is -0.735. The van der Waals surface area contributed by atoms with Crippen molar-refractivity contribution in [1.29, 1.82) is 0 Å². The Balaban J connectivity index is 1.85. The second-order valence-electron chi connectivity index (χ2n) is 8.69. The number of carbonyl (C=O) groups is 1. The number of aromatic hydroxyl groups is 2. The van der Waals surface area contributed by atoms with Gasteiger partial charge in [-0.15, -0.1) is 0 Å². The minimum Gasteiger partial charge on any atom is -0.508 e. The second kappa shape index (κ2) is 10.6. The molecule has 186 valence electrons. The molecule has 7 heteroatoms. The SMILES string of the molecule is COC(=O)CC(c1c(O)cc(C)n(CCc2ccc(O)cc2)c1=O)c1ccc(OC)c2ccccc12. The van der Waals surface area contributed by atoms with Gasteiger partial charge in [0.15, 0.2) is 0 Å². The van der Waals surface area contributed by atoms with Crippen molar-refractivity contribution in [2.75, 3.05) is 14.2 Å². The first-order valence-corrected chi connectivity index (χ1v) is 11.7. The smallest absolute Gasteiger partial charge is 0.306 e. The largest absolute Gasteiger partial charge is 0.508 e. The Labute approximate surface area is 209 Å². The number of benzene rings is 3. The molecule has 1 aromatic heterocycles. The number of nitrogens with zero attached hydrogens (tertiary/aromatic N) is 1. The number of rotatable bonds is 8. The van der Waals surface area contributed by atoms with Crippen molar-refractivity contribution in [3.8, 4) is 17.2 Å². The number of phenolic OH excluding ortho intramolecular Hbond substituents is 1. The Morgan fingerprint density at radius 2 is 1.67 bits per heavy atom. The number of aromatic nitrogens is 1. The molecule has 0 aliphatic rings. The van der Waals surface area contributed by atoms with Gasteiger partial charge in [0, 0.05) is 23.5 Å². The minimum absolute atomic E-state index is 0.114. The maximum atomic E-state index is 13.8. The zero-order valence-corrected chi connectivity index (χ0v) is 20.5. The van der Waals surface area contributed by atoms with Crippen LogP contribution in [0.15, 0.2) is 71.5 Å². The van der Waals surface area contributed by atoms with Gasteiger partial charge in [-0.05, 0) is 54.1 Å². The molecule has 0 saturated carbocycles. The lowest BCUT2D eigenvalue weighted by Crippen LogP contribution is -2.29. The van der Waals surface area contributed by atoms with Crippen LogP contribution in [0, 0.1) is 6.92 Å². The highest BCUT2D eigenvalue weighted by molar-refractivity contribution is 5.92. The molecule has 1 unspecified atom stereocenters. The highest BCUT2D eigenvalue weighted by Crippen LogP contribution is 2.39. The molecular weight excluding hydrogens is 458 g/mol. The van der Waals surface area contributed by atoms with E-state index in [0.717, 1.165) is 21.9 Å². The Bertz CT molecular complexity index is 1460. The van der Waals surface area contributed by atoms with E-state index in [4.69, 9.17) is 9.47 Å². The quantitative estimate of drug-likeness (QED) is 0.351. The first kappa shape index (κ1) is 24.9. The van der Waals surface area contributed by atoms with Gasteiger partial charge in [0.2, 0.25) is 0 Å². The van der Waals surface area contributed by atoms with Gasteiger partial charge in [-0.2, -0.15) is 0 Å². The summed E-state index contributed by atoms with van der Waals surface area (Å²) in [5, 5.41) is 22.2. The van der Waals surface area contributed by atoms with Crippen LogP contribution in [-0.4, -0.2) is 35.0 Å². The molecule has 1 heterocycles. The summed E-state index contributed by atoms with van der Waals surface area (Å²) in [5.74, 6) is -0.537. The first-order chi connectivity index (χ1) is 17.3. The normalized spacial score (nSPS) is 11.9. The van der Waals surface area contributed by atoms with Crippen molar-refractivity contribution in [1.82, 2.24) is 4.57 Å². The van der Waals surface area contributed by atoms with Crippen LogP contribution < -0.4 is 10.3 Å². The van der Waals surface area contributed by atoms with Gasteiger partial charge < -0.3 is 24.3 Å². The van der Waals surface area contributed by atoms with Crippen LogP contribution in [0.25, 0.3) is 10.8 Å². The molecule has 0 spiro atoms. The Morgan fingerprint density at radius 1 is 0.972 bits per heavy atom. The van der Waals surface area contributed by atoms with Crippen LogP contribution in [0.5, 0.6) is 17.2 Å². The maximum Gasteiger partial charge on any atom is 0.306 e. The molecule has 0 saturated heterocycles. The van der Waals surface area contributed by atoms with E-state index in [9.17, 15) is 19.8 Å². The predicted molar refractivity (Wildman–Crippen MR) is 138 cm³/mol. The summed E-state index contributed by atoms with van der Waals surface area (Å²) in [7, 11) is 2.89. The van der Waals surface area contributed by atoms with Crippen LogP contribution in [0.2, 0.25) is 0 Å². The van der Waals surface area contributed by atoms with E-state index in [1.807, 2.05) is 30.3 Å². The van der Waals surface area contributed by atoms with E-state index in [-0.39, 0.29) is 29.0 Å². The average Bonchev–Trinajstić information content (AvgIpc) is 2.88. The number of fused-ring (bicyclic) bond motifs is 1. The van der Waals surface area contributed by atoms with E-state index < -0.39 is 11.9 Å². The molecule has 0 amide bonds. The molecule has 4 aromatic rings. The van der Waals surface area contributed by atoms with Crippen LogP contribution in [0.1, 0.15) is 34.7 Å². The van der Waals surface area contributed by atoms with Crippen molar-refractivity contribution in [2.24, 2.45) is 0 Å². The highest BCUT2D eigenvalue weighted by Gasteiger charge is 2.28. The van der Waals surface area contributed by atoms with Gasteiger partial charge in [0.05, 0.1) is 26.2 Å². The van der Waals surface area contributed by atoms with Gasteiger partial charge in [-0.1, -0.05) is 42.5 Å². The number of esters is 1. The molecular formula is C29H29NO6. The fourth-order valence-electron chi connectivity index (χ4n) is 4.67. The van der Waals surface area contributed by atoms with E-state index in [2.05, 4.69) is 0 Å². The molecule has 0 fully saturated rings. The number of pyridine rings is 1. The molecule has 0 aliphatic carbocycles. The van der Waals surface area contributed by atoms with Crippen LogP contribution in [0.3, 0.4) is 0 Å². The molecule has 0 radical (unpaired) electrons. The second-order valence-corrected chi connectivity index (χ2v) is 8.69. The van der Waals surface area contributed by atoms with Gasteiger partial charge >= 0.3 is 5.97 Å². The topological polar surface area (TPSA) is 98.0 Å². The van der Waals surface area contributed by atoms with Crippen molar-refractivity contribution >= 4 is 16.7 Å². The molecule has 1 atom stereocenters. The molecule has 0 bridgehead atoms. The first-order valence-electron chi connectivity index (χ1n) is 11.7. The van der Waals surface area contributed by atoms with Gasteiger partial charge in [0.1, 0.15) is 17.2 Å². The van der Waals surface area contributed by atoms with Gasteiger partial charge in [-0.3, -0.25) is 9.59 Å². The number of ether oxygens (including phenoxy) is 2. The summed E-state index contributed by atoms with van der Waals surface area (Å²) in [6, 6.07) is 19.6. The van der Waals surface area contributed by atoms with E-state index in [1.165, 1.54) is 7.11 Å². The third kappa shape index (κ3) is 4.91. The summed E-state index contributed by atoms with van der Waals surface area (Å²) in [6.07, 6.45) is 0.440. The molecule has 4 rings (SSSR count). The summed E-state index contributed by atoms with van der Waals surface area (Å²) in [5.41, 5.74) is 2.07. The number of phenols is 1. The number of hydrogen-bond donors (Lipinski definition) is 2. The zero-order chi connectivity index (χ0) is 25.8. The van der Waals surface area contributed by atoms with Crippen LogP contribution in [0.4, 0.5) is 0 Å². The Morgan fingerprint density at radius 3 is 2.33 bits per heavy atom. The summed E-state index contributed by atoms with van der Waals surface area (Å²) < 4.78 is 12.1. The van der Waals surface area contributed by atoms with Gasteiger partial charge in [-0.25, -0.2) is 0 Å². The van der Waals surface area contributed by atoms with E-state index in [0.29, 0.717) is 24.4 Å². The predicted octanol–water partition coefficient (Wildman–Crippen LogP) is 4.67. The van der Waals surface area contributed by atoms with E-state index >= 15 is 0 Å². The third-order valence-corrected chi connectivity index (χ3v) is 6.54. The zero-order valence-electron chi connectivity index (χ0n) is 20.5.